The van der Waals surface area contributed by atoms with Gasteiger partial charge in [-0.2, -0.15) is 13.2 Å². The van der Waals surface area contributed by atoms with Crippen LogP contribution in [0.5, 0.6) is 5.75 Å². The predicted octanol–water partition coefficient (Wildman–Crippen LogP) is 6.71. The molecule has 1 saturated carbocycles. The monoisotopic (exact) mass is 554 g/mol. The van der Waals surface area contributed by atoms with E-state index in [0.717, 1.165) is 40.2 Å². The molecule has 0 amide bonds. The Hall–Kier alpha value is -1.87. The van der Waals surface area contributed by atoms with E-state index in [9.17, 15) is 23.1 Å². The van der Waals surface area contributed by atoms with Crippen molar-refractivity contribution in [2.24, 2.45) is 11.8 Å². The van der Waals surface area contributed by atoms with Gasteiger partial charge in [0.2, 0.25) is 0 Å². The average molecular weight is 555 g/mol. The van der Waals surface area contributed by atoms with E-state index in [4.69, 9.17) is 9.72 Å². The number of hydrogen-bond acceptors (Lipinski definition) is 4. The molecule has 5 rings (SSSR count). The van der Waals surface area contributed by atoms with Gasteiger partial charge in [0.05, 0.1) is 28.1 Å². The lowest BCUT2D eigenvalue weighted by molar-refractivity contribution is -0.185. The van der Waals surface area contributed by atoms with Gasteiger partial charge in [0, 0.05) is 30.2 Å². The Morgan fingerprint density at radius 2 is 1.80 bits per heavy atom. The Kier molecular flexibility index (Phi) is 7.00. The number of nitrogens with zero attached hydrogens (tertiary/aromatic N) is 2. The Morgan fingerprint density at radius 1 is 1.11 bits per heavy atom. The first kappa shape index (κ1) is 24.8. The third-order valence-electron chi connectivity index (χ3n) is 8.11. The first-order chi connectivity index (χ1) is 16.7. The topological polar surface area (TPSA) is 62.7 Å². The fraction of sp³-hybridized carbons (Fsp3) is 0.615. The summed E-state index contributed by atoms with van der Waals surface area (Å²) in [6.07, 6.45) is 3.11. The molecular weight excluding hydrogens is 525 g/mol. The number of carbonyl (C=O) groups is 1. The molecule has 0 radical (unpaired) electrons. The van der Waals surface area contributed by atoms with Gasteiger partial charge in [-0.05, 0) is 84.8 Å². The smallest absolute Gasteiger partial charge is 0.391 e. The van der Waals surface area contributed by atoms with Gasteiger partial charge < -0.3 is 9.84 Å². The number of hydrogen-bond donors (Lipinski definition) is 1. The molecule has 2 unspecified atom stereocenters. The minimum atomic E-state index is -4.12. The maximum Gasteiger partial charge on any atom is 0.391 e. The Bertz CT molecular complexity index is 1070. The third-order valence-corrected chi connectivity index (χ3v) is 8.93. The first-order valence-corrected chi connectivity index (χ1v) is 13.3. The van der Waals surface area contributed by atoms with E-state index in [0.29, 0.717) is 38.0 Å². The van der Waals surface area contributed by atoms with Crippen LogP contribution in [-0.4, -0.2) is 45.3 Å². The lowest BCUT2D eigenvalue weighted by atomic mass is 9.78. The van der Waals surface area contributed by atoms with E-state index in [2.05, 4.69) is 26.9 Å². The summed E-state index contributed by atoms with van der Waals surface area (Å²) < 4.78 is 45.7. The summed E-state index contributed by atoms with van der Waals surface area (Å²) in [5, 5.41) is 11.4. The van der Waals surface area contributed by atoms with Gasteiger partial charge >= 0.3 is 12.1 Å². The molecule has 3 aliphatic rings. The van der Waals surface area contributed by atoms with Crippen LogP contribution in [0, 0.1) is 11.8 Å². The minimum Gasteiger partial charge on any atom is -0.489 e. The number of aromatic nitrogens is 1. The van der Waals surface area contributed by atoms with Crippen molar-refractivity contribution in [3.8, 4) is 5.75 Å². The second-order valence-electron chi connectivity index (χ2n) is 10.3. The van der Waals surface area contributed by atoms with E-state index >= 15 is 0 Å². The molecule has 1 aromatic heterocycles. The quantitative estimate of drug-likeness (QED) is 0.444. The number of ether oxygens (including phenoxy) is 1. The van der Waals surface area contributed by atoms with Crippen molar-refractivity contribution >= 4 is 32.7 Å². The molecule has 1 aliphatic carbocycles. The standard InChI is InChI=1S/C26H30BrF3N2O3/c27-24-22-13-31-18(14-32-19-2-1-3-20(32)12-16(11-19)25(33)34)10-15(22)4-9-23(24)35-21-7-5-17(6-8-21)26(28,29)30/h4,9-10,13,16-17,19-21H,1-3,5-8,11-12,14H2,(H,33,34). The van der Waals surface area contributed by atoms with Gasteiger partial charge in [0.25, 0.3) is 0 Å². The molecule has 35 heavy (non-hydrogen) atoms. The number of halogens is 4. The Morgan fingerprint density at radius 3 is 2.43 bits per heavy atom. The number of piperidine rings is 2. The van der Waals surface area contributed by atoms with Crippen LogP contribution in [0.25, 0.3) is 10.8 Å². The van der Waals surface area contributed by atoms with Crippen molar-refractivity contribution in [1.29, 1.82) is 0 Å². The zero-order valence-corrected chi connectivity index (χ0v) is 21.0. The molecule has 2 saturated heterocycles. The highest BCUT2D eigenvalue weighted by atomic mass is 79.9. The molecular formula is C26H30BrF3N2O3. The molecule has 2 atom stereocenters. The summed E-state index contributed by atoms with van der Waals surface area (Å²) in [6, 6.07) is 6.49. The normalized spacial score (nSPS) is 29.8. The molecule has 3 fully saturated rings. The van der Waals surface area contributed by atoms with E-state index in [1.165, 1.54) is 0 Å². The molecule has 9 heteroatoms. The summed E-state index contributed by atoms with van der Waals surface area (Å²) in [5.74, 6) is -1.52. The van der Waals surface area contributed by atoms with Crippen molar-refractivity contribution < 1.29 is 27.8 Å². The van der Waals surface area contributed by atoms with Crippen LogP contribution in [0.2, 0.25) is 0 Å². The van der Waals surface area contributed by atoms with Crippen LogP contribution in [0.4, 0.5) is 13.2 Å². The van der Waals surface area contributed by atoms with E-state index in [1.807, 2.05) is 18.3 Å². The fourth-order valence-electron chi connectivity index (χ4n) is 6.20. The maximum atomic E-state index is 12.9. The summed E-state index contributed by atoms with van der Waals surface area (Å²) in [6.45, 7) is 0.704. The third kappa shape index (κ3) is 5.31. The largest absolute Gasteiger partial charge is 0.489 e. The molecule has 1 aromatic carbocycles. The number of aliphatic carboxylic acids is 1. The van der Waals surface area contributed by atoms with Crippen LogP contribution in [0.15, 0.2) is 28.9 Å². The van der Waals surface area contributed by atoms with Gasteiger partial charge in [-0.3, -0.25) is 14.7 Å². The predicted molar refractivity (Wildman–Crippen MR) is 129 cm³/mol. The second kappa shape index (κ2) is 9.88. The van der Waals surface area contributed by atoms with Gasteiger partial charge in [-0.1, -0.05) is 12.5 Å². The van der Waals surface area contributed by atoms with Crippen LogP contribution in [-0.2, 0) is 11.3 Å². The van der Waals surface area contributed by atoms with Gasteiger partial charge in [0.1, 0.15) is 5.75 Å². The number of benzene rings is 1. The summed E-state index contributed by atoms with van der Waals surface area (Å²) in [5.41, 5.74) is 0.953. The van der Waals surface area contributed by atoms with Crippen LogP contribution in [0.3, 0.4) is 0 Å². The molecule has 0 spiro atoms. The van der Waals surface area contributed by atoms with Crippen LogP contribution >= 0.6 is 15.9 Å². The highest BCUT2D eigenvalue weighted by Gasteiger charge is 2.42. The number of alkyl halides is 3. The minimum absolute atomic E-state index is 0.107. The summed E-state index contributed by atoms with van der Waals surface area (Å²) in [7, 11) is 0. The first-order valence-electron chi connectivity index (χ1n) is 12.5. The Balaban J connectivity index is 1.27. The van der Waals surface area contributed by atoms with Crippen molar-refractivity contribution in [3.05, 3.63) is 34.6 Å². The van der Waals surface area contributed by atoms with E-state index < -0.39 is 18.1 Å². The van der Waals surface area contributed by atoms with Gasteiger partial charge in [-0.15, -0.1) is 0 Å². The van der Waals surface area contributed by atoms with E-state index in [1.54, 1.807) is 0 Å². The average Bonchev–Trinajstić information content (AvgIpc) is 2.80. The fourth-order valence-corrected chi connectivity index (χ4v) is 6.76. The molecule has 1 N–H and O–H groups in total. The number of fused-ring (bicyclic) bond motifs is 3. The number of carboxylic acids is 1. The van der Waals surface area contributed by atoms with Gasteiger partial charge in [-0.25, -0.2) is 0 Å². The molecule has 190 valence electrons. The number of pyridine rings is 1. The van der Waals surface area contributed by atoms with Crippen molar-refractivity contribution in [2.45, 2.75) is 88.7 Å². The lowest BCUT2D eigenvalue weighted by Crippen LogP contribution is -2.52. The SMILES string of the molecule is O=C(O)C1CC2CCCC(C1)N2Cc1cc2ccc(OC3CCC(C(F)(F)F)CC3)c(Br)c2cn1. The second-order valence-corrected chi connectivity index (χ2v) is 11.1. The van der Waals surface area contributed by atoms with Crippen LogP contribution < -0.4 is 4.74 Å². The maximum absolute atomic E-state index is 12.9. The zero-order chi connectivity index (χ0) is 24.7. The highest BCUT2D eigenvalue weighted by Crippen LogP contribution is 2.41. The van der Waals surface area contributed by atoms with Crippen molar-refractivity contribution in [2.75, 3.05) is 0 Å². The highest BCUT2D eigenvalue weighted by molar-refractivity contribution is 9.10. The number of rotatable bonds is 5. The number of carboxylic acid groups (broad SMARTS) is 1. The lowest BCUT2D eigenvalue weighted by Gasteiger charge is -2.48. The van der Waals surface area contributed by atoms with Crippen molar-refractivity contribution in [3.63, 3.8) is 0 Å². The molecule has 2 aliphatic heterocycles. The molecule has 2 bridgehead atoms. The van der Waals surface area contributed by atoms with E-state index in [-0.39, 0.29) is 36.9 Å². The molecule has 5 nitrogen and oxygen atoms in total. The zero-order valence-electron chi connectivity index (χ0n) is 19.4. The summed E-state index contributed by atoms with van der Waals surface area (Å²) in [4.78, 5) is 18.7. The molecule has 3 heterocycles. The van der Waals surface area contributed by atoms with Crippen LogP contribution in [0.1, 0.15) is 63.5 Å². The summed E-state index contributed by atoms with van der Waals surface area (Å²) >= 11 is 3.62. The Labute approximate surface area is 211 Å². The van der Waals surface area contributed by atoms with Crippen molar-refractivity contribution in [1.82, 2.24) is 9.88 Å². The molecule has 2 aromatic rings. The van der Waals surface area contributed by atoms with Gasteiger partial charge in [0.15, 0.2) is 0 Å².